The molecule has 2 heteroatoms. The molecule has 1 aliphatic rings. The Labute approximate surface area is 89.1 Å². The first-order chi connectivity index (χ1) is 6.77. The lowest BCUT2D eigenvalue weighted by Crippen LogP contribution is -2.41. The third-order valence-electron chi connectivity index (χ3n) is 3.51. The van der Waals surface area contributed by atoms with Crippen LogP contribution in [0.4, 0.5) is 0 Å². The van der Waals surface area contributed by atoms with Crippen molar-refractivity contribution in [3.63, 3.8) is 0 Å². The van der Waals surface area contributed by atoms with Gasteiger partial charge in [0.25, 0.3) is 0 Å². The van der Waals surface area contributed by atoms with E-state index in [-0.39, 0.29) is 0 Å². The van der Waals surface area contributed by atoms with Crippen LogP contribution in [-0.4, -0.2) is 37.1 Å². The normalized spacial score (nSPS) is 25.3. The van der Waals surface area contributed by atoms with E-state index in [0.717, 1.165) is 12.0 Å². The Morgan fingerprint density at radius 1 is 1.43 bits per heavy atom. The molecule has 1 aliphatic heterocycles. The minimum absolute atomic E-state index is 0.752. The van der Waals surface area contributed by atoms with Gasteiger partial charge < -0.3 is 10.2 Å². The molecule has 0 aromatic rings. The number of nitrogens with zero attached hydrogens (tertiary/aromatic N) is 1. The molecule has 0 bridgehead atoms. The second kappa shape index (κ2) is 6.41. The summed E-state index contributed by atoms with van der Waals surface area (Å²) in [7, 11) is 0. The Bertz CT molecular complexity index is 141. The Balaban J connectivity index is 2.30. The van der Waals surface area contributed by atoms with Gasteiger partial charge >= 0.3 is 0 Å². The molecule has 2 unspecified atom stereocenters. The van der Waals surface area contributed by atoms with Gasteiger partial charge in [0.05, 0.1) is 0 Å². The van der Waals surface area contributed by atoms with E-state index < -0.39 is 0 Å². The molecule has 84 valence electrons. The maximum Gasteiger partial charge on any atom is 0.00643 e. The highest BCUT2D eigenvalue weighted by molar-refractivity contribution is 4.74. The van der Waals surface area contributed by atoms with Crippen molar-refractivity contribution in [3.8, 4) is 0 Å². The molecule has 1 N–H and O–H groups in total. The van der Waals surface area contributed by atoms with Crippen LogP contribution in [0.5, 0.6) is 0 Å². The molecule has 14 heavy (non-hydrogen) atoms. The SMILES string of the molecule is CCC(C)N(CC)CC1CCCNC1. The van der Waals surface area contributed by atoms with Crippen LogP contribution in [-0.2, 0) is 0 Å². The fourth-order valence-corrected chi connectivity index (χ4v) is 2.29. The first kappa shape index (κ1) is 12.0. The van der Waals surface area contributed by atoms with E-state index in [1.54, 1.807) is 0 Å². The maximum atomic E-state index is 3.49. The van der Waals surface area contributed by atoms with Crippen molar-refractivity contribution >= 4 is 0 Å². The molecule has 0 spiro atoms. The van der Waals surface area contributed by atoms with Crippen LogP contribution in [0, 0.1) is 5.92 Å². The molecular formula is C12H26N2. The quantitative estimate of drug-likeness (QED) is 0.728. The fourth-order valence-electron chi connectivity index (χ4n) is 2.29. The van der Waals surface area contributed by atoms with Crippen molar-refractivity contribution in [2.75, 3.05) is 26.2 Å². The minimum Gasteiger partial charge on any atom is -0.316 e. The molecule has 2 nitrogen and oxygen atoms in total. The largest absolute Gasteiger partial charge is 0.316 e. The Kier molecular flexibility index (Phi) is 5.49. The molecule has 0 aromatic heterocycles. The molecule has 0 radical (unpaired) electrons. The maximum absolute atomic E-state index is 3.49. The number of nitrogens with one attached hydrogen (secondary N) is 1. The molecule has 1 heterocycles. The lowest BCUT2D eigenvalue weighted by molar-refractivity contribution is 0.167. The summed E-state index contributed by atoms with van der Waals surface area (Å²) in [6, 6.07) is 0.752. The van der Waals surface area contributed by atoms with Crippen LogP contribution < -0.4 is 5.32 Å². The van der Waals surface area contributed by atoms with Crippen LogP contribution >= 0.6 is 0 Å². The van der Waals surface area contributed by atoms with E-state index in [0.29, 0.717) is 0 Å². The minimum atomic E-state index is 0.752. The van der Waals surface area contributed by atoms with E-state index in [2.05, 4.69) is 31.0 Å². The lowest BCUT2D eigenvalue weighted by Gasteiger charge is -2.33. The first-order valence-corrected chi connectivity index (χ1v) is 6.22. The van der Waals surface area contributed by atoms with E-state index in [4.69, 9.17) is 0 Å². The second-order valence-corrected chi connectivity index (χ2v) is 4.56. The van der Waals surface area contributed by atoms with Crippen molar-refractivity contribution in [2.45, 2.75) is 46.1 Å². The van der Waals surface area contributed by atoms with Gasteiger partial charge in [-0.2, -0.15) is 0 Å². The summed E-state index contributed by atoms with van der Waals surface area (Å²) in [5, 5.41) is 3.49. The number of rotatable bonds is 5. The molecule has 0 aliphatic carbocycles. The second-order valence-electron chi connectivity index (χ2n) is 4.56. The van der Waals surface area contributed by atoms with Crippen molar-refractivity contribution in [2.24, 2.45) is 5.92 Å². The zero-order valence-electron chi connectivity index (χ0n) is 10.1. The van der Waals surface area contributed by atoms with Crippen molar-refractivity contribution in [3.05, 3.63) is 0 Å². The zero-order valence-corrected chi connectivity index (χ0v) is 10.1. The number of hydrogen-bond acceptors (Lipinski definition) is 2. The van der Waals surface area contributed by atoms with E-state index in [1.165, 1.54) is 45.4 Å². The van der Waals surface area contributed by atoms with Gasteiger partial charge in [-0.3, -0.25) is 0 Å². The van der Waals surface area contributed by atoms with Gasteiger partial charge in [0.1, 0.15) is 0 Å². The summed E-state index contributed by atoms with van der Waals surface area (Å²) in [4.78, 5) is 2.62. The van der Waals surface area contributed by atoms with Crippen LogP contribution in [0.2, 0.25) is 0 Å². The third kappa shape index (κ3) is 3.58. The van der Waals surface area contributed by atoms with Gasteiger partial charge in [0, 0.05) is 12.6 Å². The molecule has 0 amide bonds. The molecule has 0 aromatic carbocycles. The summed E-state index contributed by atoms with van der Waals surface area (Å²) in [6.45, 7) is 11.9. The van der Waals surface area contributed by atoms with E-state index in [9.17, 15) is 0 Å². The van der Waals surface area contributed by atoms with Crippen LogP contribution in [0.1, 0.15) is 40.0 Å². The third-order valence-corrected chi connectivity index (χ3v) is 3.51. The summed E-state index contributed by atoms with van der Waals surface area (Å²) >= 11 is 0. The smallest absolute Gasteiger partial charge is 0.00643 e. The molecule has 2 atom stereocenters. The lowest BCUT2D eigenvalue weighted by atomic mass is 9.98. The predicted molar refractivity (Wildman–Crippen MR) is 62.6 cm³/mol. The molecule has 1 saturated heterocycles. The standard InChI is InChI=1S/C12H26N2/c1-4-11(3)14(5-2)10-12-7-6-8-13-9-12/h11-13H,4-10H2,1-3H3. The zero-order chi connectivity index (χ0) is 10.4. The highest BCUT2D eigenvalue weighted by atomic mass is 15.1. The fraction of sp³-hybridized carbons (Fsp3) is 1.00. The predicted octanol–water partition coefficient (Wildman–Crippen LogP) is 2.11. The molecule has 1 rings (SSSR count). The number of piperidine rings is 1. The first-order valence-electron chi connectivity index (χ1n) is 6.22. The van der Waals surface area contributed by atoms with Gasteiger partial charge in [0.2, 0.25) is 0 Å². The van der Waals surface area contributed by atoms with Gasteiger partial charge in [-0.25, -0.2) is 0 Å². The highest BCUT2D eigenvalue weighted by Gasteiger charge is 2.18. The van der Waals surface area contributed by atoms with Crippen molar-refractivity contribution in [1.82, 2.24) is 10.2 Å². The summed E-state index contributed by atoms with van der Waals surface area (Å²) in [6.07, 6.45) is 4.05. The Morgan fingerprint density at radius 2 is 2.21 bits per heavy atom. The summed E-state index contributed by atoms with van der Waals surface area (Å²) in [5.41, 5.74) is 0. The Morgan fingerprint density at radius 3 is 2.71 bits per heavy atom. The average molecular weight is 198 g/mol. The highest BCUT2D eigenvalue weighted by Crippen LogP contribution is 2.14. The van der Waals surface area contributed by atoms with Crippen molar-refractivity contribution in [1.29, 1.82) is 0 Å². The van der Waals surface area contributed by atoms with Crippen LogP contribution in [0.15, 0.2) is 0 Å². The van der Waals surface area contributed by atoms with Gasteiger partial charge in [0.15, 0.2) is 0 Å². The molecule has 0 saturated carbocycles. The average Bonchev–Trinajstić information content (AvgIpc) is 2.26. The summed E-state index contributed by atoms with van der Waals surface area (Å²) < 4.78 is 0. The van der Waals surface area contributed by atoms with Crippen LogP contribution in [0.25, 0.3) is 0 Å². The summed E-state index contributed by atoms with van der Waals surface area (Å²) in [5.74, 6) is 0.887. The number of hydrogen-bond donors (Lipinski definition) is 1. The van der Waals surface area contributed by atoms with Crippen LogP contribution in [0.3, 0.4) is 0 Å². The molecule has 1 fully saturated rings. The molecular weight excluding hydrogens is 172 g/mol. The topological polar surface area (TPSA) is 15.3 Å². The van der Waals surface area contributed by atoms with E-state index in [1.807, 2.05) is 0 Å². The van der Waals surface area contributed by atoms with E-state index >= 15 is 0 Å². The van der Waals surface area contributed by atoms with Gasteiger partial charge in [-0.1, -0.05) is 13.8 Å². The van der Waals surface area contributed by atoms with Crippen molar-refractivity contribution < 1.29 is 0 Å². The monoisotopic (exact) mass is 198 g/mol. The van der Waals surface area contributed by atoms with Gasteiger partial charge in [-0.05, 0) is 51.7 Å². The van der Waals surface area contributed by atoms with Gasteiger partial charge in [-0.15, -0.1) is 0 Å². The Hall–Kier alpha value is -0.0800.